The molecule has 2 fully saturated rings. The van der Waals surface area contributed by atoms with Crippen molar-refractivity contribution in [2.24, 2.45) is 11.3 Å². The van der Waals surface area contributed by atoms with Gasteiger partial charge < -0.3 is 10.2 Å². The van der Waals surface area contributed by atoms with Crippen LogP contribution in [0.5, 0.6) is 0 Å². The van der Waals surface area contributed by atoms with Gasteiger partial charge in [-0.2, -0.15) is 0 Å². The summed E-state index contributed by atoms with van der Waals surface area (Å²) < 4.78 is 0. The molecule has 0 spiro atoms. The van der Waals surface area contributed by atoms with E-state index in [-0.39, 0.29) is 29.2 Å². The Bertz CT molecular complexity index is 986. The normalized spacial score (nSPS) is 25.1. The Kier molecular flexibility index (Phi) is 4.56. The van der Waals surface area contributed by atoms with E-state index in [1.165, 1.54) is 0 Å². The number of amides is 2. The lowest BCUT2D eigenvalue weighted by Gasteiger charge is -2.37. The number of nitrogens with one attached hydrogen (secondary N) is 1. The molecular formula is C23H27N5O2. The average Bonchev–Trinajstić information content (AvgIpc) is 3.48. The Morgan fingerprint density at radius 3 is 2.73 bits per heavy atom. The van der Waals surface area contributed by atoms with Crippen LogP contribution in [0.3, 0.4) is 0 Å². The zero-order valence-corrected chi connectivity index (χ0v) is 17.5. The van der Waals surface area contributed by atoms with Crippen LogP contribution in [-0.4, -0.2) is 44.3 Å². The summed E-state index contributed by atoms with van der Waals surface area (Å²) in [6, 6.07) is 4.03. The van der Waals surface area contributed by atoms with Gasteiger partial charge in [-0.05, 0) is 43.2 Å². The Hall–Kier alpha value is -2.83. The SMILES string of the molecule is CC1(C)Cc2nc(-c3ccncc3)ncc2[C@@H](NC(=O)[C@@H]2CC(=O)N(C3CC3)C2)C1. The zero-order chi connectivity index (χ0) is 20.9. The highest BCUT2D eigenvalue weighted by Gasteiger charge is 2.43. The topological polar surface area (TPSA) is 88.1 Å². The summed E-state index contributed by atoms with van der Waals surface area (Å²) in [5, 5.41) is 3.22. The minimum Gasteiger partial charge on any atom is -0.349 e. The molecule has 30 heavy (non-hydrogen) atoms. The number of aromatic nitrogens is 3. The monoisotopic (exact) mass is 405 g/mol. The lowest BCUT2D eigenvalue weighted by atomic mass is 9.74. The molecule has 0 radical (unpaired) electrons. The molecule has 156 valence electrons. The highest BCUT2D eigenvalue weighted by Crippen LogP contribution is 2.41. The number of fused-ring (bicyclic) bond motifs is 1. The molecule has 0 aromatic carbocycles. The van der Waals surface area contributed by atoms with Crippen LogP contribution in [0.1, 0.15) is 56.8 Å². The van der Waals surface area contributed by atoms with Crippen LogP contribution in [0.15, 0.2) is 30.7 Å². The van der Waals surface area contributed by atoms with Crippen LogP contribution in [0, 0.1) is 11.3 Å². The molecule has 2 amide bonds. The Morgan fingerprint density at radius 1 is 1.23 bits per heavy atom. The molecule has 2 atom stereocenters. The van der Waals surface area contributed by atoms with Gasteiger partial charge in [0.15, 0.2) is 5.82 Å². The Balaban J connectivity index is 1.37. The third-order valence-electron chi connectivity index (χ3n) is 6.45. The number of carbonyl (C=O) groups excluding carboxylic acids is 2. The summed E-state index contributed by atoms with van der Waals surface area (Å²) in [4.78, 5) is 40.6. The highest BCUT2D eigenvalue weighted by molar-refractivity contribution is 5.89. The van der Waals surface area contributed by atoms with Gasteiger partial charge in [0, 0.05) is 48.7 Å². The molecule has 5 rings (SSSR count). The van der Waals surface area contributed by atoms with Crippen molar-refractivity contribution in [1.82, 2.24) is 25.2 Å². The third kappa shape index (κ3) is 3.68. The van der Waals surface area contributed by atoms with Gasteiger partial charge in [0.1, 0.15) is 0 Å². The molecule has 3 aliphatic rings. The molecular weight excluding hydrogens is 378 g/mol. The second-order valence-electron chi connectivity index (χ2n) is 9.62. The first-order chi connectivity index (χ1) is 14.4. The van der Waals surface area contributed by atoms with Crippen LogP contribution in [0.2, 0.25) is 0 Å². The lowest BCUT2D eigenvalue weighted by molar-refractivity contribution is -0.129. The predicted molar refractivity (Wildman–Crippen MR) is 111 cm³/mol. The maximum atomic E-state index is 13.0. The van der Waals surface area contributed by atoms with Gasteiger partial charge in [-0.25, -0.2) is 9.97 Å². The fraction of sp³-hybridized carbons (Fsp3) is 0.522. The van der Waals surface area contributed by atoms with Crippen LogP contribution >= 0.6 is 0 Å². The fourth-order valence-corrected chi connectivity index (χ4v) is 4.75. The Labute approximate surface area is 176 Å². The predicted octanol–water partition coefficient (Wildman–Crippen LogP) is 2.68. The summed E-state index contributed by atoms with van der Waals surface area (Å²) in [6.45, 7) is 4.96. The summed E-state index contributed by atoms with van der Waals surface area (Å²) in [5.74, 6) is 0.509. The first kappa shape index (κ1) is 19.2. The minimum absolute atomic E-state index is 0.0142. The number of carbonyl (C=O) groups is 2. The van der Waals surface area contributed by atoms with E-state index < -0.39 is 0 Å². The number of hydrogen-bond acceptors (Lipinski definition) is 5. The largest absolute Gasteiger partial charge is 0.349 e. The van der Waals surface area contributed by atoms with E-state index >= 15 is 0 Å². The molecule has 1 N–H and O–H groups in total. The first-order valence-electron chi connectivity index (χ1n) is 10.8. The standard InChI is InChI=1S/C23H27N5O2/c1-23(2)10-18-17(12-25-21(26-18)14-5-7-24-8-6-14)19(11-23)27-22(30)15-9-20(29)28(13-15)16-3-4-16/h5-8,12,15-16,19H,3-4,9-11,13H2,1-2H3,(H,27,30)/t15-,19+/m1/s1. The number of hydrogen-bond donors (Lipinski definition) is 1. The molecule has 1 saturated carbocycles. The van der Waals surface area contributed by atoms with Gasteiger partial charge in [0.05, 0.1) is 17.7 Å². The van der Waals surface area contributed by atoms with Gasteiger partial charge in [0.25, 0.3) is 0 Å². The highest BCUT2D eigenvalue weighted by atomic mass is 16.2. The number of nitrogens with zero attached hydrogens (tertiary/aromatic N) is 4. The van der Waals surface area contributed by atoms with Crippen molar-refractivity contribution in [3.63, 3.8) is 0 Å². The molecule has 1 aliphatic heterocycles. The fourth-order valence-electron chi connectivity index (χ4n) is 4.75. The minimum atomic E-state index is -0.261. The second kappa shape index (κ2) is 7.15. The van der Waals surface area contributed by atoms with Gasteiger partial charge in [-0.3, -0.25) is 14.6 Å². The maximum absolute atomic E-state index is 13.0. The van der Waals surface area contributed by atoms with Crippen LogP contribution < -0.4 is 5.32 Å². The van der Waals surface area contributed by atoms with Crippen LogP contribution in [0.25, 0.3) is 11.4 Å². The summed E-state index contributed by atoms with van der Waals surface area (Å²) in [5.41, 5.74) is 2.92. The van der Waals surface area contributed by atoms with Gasteiger partial charge in [0.2, 0.25) is 11.8 Å². The van der Waals surface area contributed by atoms with E-state index in [1.54, 1.807) is 12.4 Å². The summed E-state index contributed by atoms with van der Waals surface area (Å²) in [7, 11) is 0. The smallest absolute Gasteiger partial charge is 0.225 e. The van der Waals surface area contributed by atoms with E-state index in [4.69, 9.17) is 4.98 Å². The number of pyridine rings is 1. The molecule has 0 bridgehead atoms. The van der Waals surface area contributed by atoms with Crippen molar-refractivity contribution in [3.05, 3.63) is 42.0 Å². The number of likely N-dealkylation sites (tertiary alicyclic amines) is 1. The third-order valence-corrected chi connectivity index (χ3v) is 6.45. The molecule has 7 nitrogen and oxygen atoms in total. The summed E-state index contributed by atoms with van der Waals surface area (Å²) in [6.07, 6.45) is 9.46. The molecule has 3 heterocycles. The molecule has 2 aromatic rings. The molecule has 1 saturated heterocycles. The van der Waals surface area contributed by atoms with Crippen molar-refractivity contribution in [3.8, 4) is 11.4 Å². The van der Waals surface area contributed by atoms with Crippen molar-refractivity contribution in [2.45, 2.75) is 58.0 Å². The van der Waals surface area contributed by atoms with Crippen molar-refractivity contribution in [2.75, 3.05) is 6.54 Å². The maximum Gasteiger partial charge on any atom is 0.225 e. The van der Waals surface area contributed by atoms with Crippen LogP contribution in [0.4, 0.5) is 0 Å². The molecule has 2 aliphatic carbocycles. The quantitative estimate of drug-likeness (QED) is 0.845. The Morgan fingerprint density at radius 2 is 2.00 bits per heavy atom. The molecule has 7 heteroatoms. The first-order valence-corrected chi connectivity index (χ1v) is 10.8. The van der Waals surface area contributed by atoms with E-state index in [0.29, 0.717) is 24.8 Å². The number of rotatable bonds is 4. The van der Waals surface area contributed by atoms with E-state index in [2.05, 4.69) is 29.1 Å². The molecule has 2 aromatic heterocycles. The molecule has 0 unspecified atom stereocenters. The van der Waals surface area contributed by atoms with Gasteiger partial charge >= 0.3 is 0 Å². The van der Waals surface area contributed by atoms with E-state index in [1.807, 2.05) is 23.2 Å². The van der Waals surface area contributed by atoms with E-state index in [0.717, 1.165) is 42.5 Å². The zero-order valence-electron chi connectivity index (χ0n) is 17.5. The van der Waals surface area contributed by atoms with Gasteiger partial charge in [-0.15, -0.1) is 0 Å². The van der Waals surface area contributed by atoms with E-state index in [9.17, 15) is 9.59 Å². The van der Waals surface area contributed by atoms with Gasteiger partial charge in [-0.1, -0.05) is 13.8 Å². The van der Waals surface area contributed by atoms with Crippen LogP contribution in [-0.2, 0) is 16.0 Å². The lowest BCUT2D eigenvalue weighted by Crippen LogP contribution is -2.40. The average molecular weight is 406 g/mol. The second-order valence-corrected chi connectivity index (χ2v) is 9.62. The van der Waals surface area contributed by atoms with Crippen molar-refractivity contribution < 1.29 is 9.59 Å². The summed E-state index contributed by atoms with van der Waals surface area (Å²) >= 11 is 0. The van der Waals surface area contributed by atoms with Crippen molar-refractivity contribution in [1.29, 1.82) is 0 Å². The van der Waals surface area contributed by atoms with Crippen molar-refractivity contribution >= 4 is 11.8 Å².